The zero-order chi connectivity index (χ0) is 40.8. The number of aliphatic hydroxyl groups excluding tert-OH is 1. The first-order valence-electron chi connectivity index (χ1n) is 25.5. The van der Waals surface area contributed by atoms with Crippen LogP contribution in [-0.2, 0) is 14.2 Å². The fourth-order valence-corrected chi connectivity index (χ4v) is 12.4. The van der Waals surface area contributed by atoms with Gasteiger partial charge in [0.15, 0.2) is 0 Å². The molecule has 0 radical (unpaired) electrons. The Balaban J connectivity index is 0.939. The van der Waals surface area contributed by atoms with E-state index in [9.17, 15) is 5.11 Å². The molecule has 0 saturated heterocycles. The van der Waals surface area contributed by atoms with Gasteiger partial charge in [-0.15, -0.1) is 0 Å². The summed E-state index contributed by atoms with van der Waals surface area (Å²) in [6.07, 6.45) is 44.2. The molecule has 4 aliphatic carbocycles. The van der Waals surface area contributed by atoms with Gasteiger partial charge in [0.2, 0.25) is 0 Å². The van der Waals surface area contributed by atoms with E-state index in [1.807, 2.05) is 0 Å². The van der Waals surface area contributed by atoms with Crippen LogP contribution in [0.1, 0.15) is 221 Å². The summed E-state index contributed by atoms with van der Waals surface area (Å²) in [6.45, 7) is 18.2. The van der Waals surface area contributed by atoms with Gasteiger partial charge in [-0.05, 0) is 143 Å². The second-order valence-corrected chi connectivity index (χ2v) is 20.8. The number of unbranched alkanes of at least 4 members (excludes halogenated alkanes) is 15. The normalized spacial score (nSPS) is 29.7. The lowest BCUT2D eigenvalue weighted by atomic mass is 9.47. The minimum atomic E-state index is -0.517. The first-order chi connectivity index (χ1) is 27.7. The Bertz CT molecular complexity index is 1100. The fourth-order valence-electron chi connectivity index (χ4n) is 12.4. The maximum absolute atomic E-state index is 10.3. The molecule has 0 spiro atoms. The molecule has 4 heteroatoms. The van der Waals surface area contributed by atoms with Crippen LogP contribution in [0.2, 0.25) is 0 Å². The first-order valence-corrected chi connectivity index (χ1v) is 25.5. The molecule has 0 aliphatic heterocycles. The highest BCUT2D eigenvalue weighted by atomic mass is 16.5. The molecule has 0 aromatic carbocycles. The molecule has 332 valence electrons. The van der Waals surface area contributed by atoms with Gasteiger partial charge < -0.3 is 19.3 Å². The van der Waals surface area contributed by atoms with Gasteiger partial charge in [0.25, 0.3) is 0 Å². The van der Waals surface area contributed by atoms with Gasteiger partial charge in [-0.1, -0.05) is 149 Å². The van der Waals surface area contributed by atoms with Gasteiger partial charge in [-0.2, -0.15) is 0 Å². The summed E-state index contributed by atoms with van der Waals surface area (Å²) in [5, 5.41) is 10.3. The van der Waals surface area contributed by atoms with Crippen LogP contribution < -0.4 is 0 Å². The molecule has 0 heterocycles. The Kier molecular flexibility index (Phi) is 23.5. The van der Waals surface area contributed by atoms with Gasteiger partial charge >= 0.3 is 0 Å². The van der Waals surface area contributed by atoms with E-state index < -0.39 is 6.10 Å². The van der Waals surface area contributed by atoms with Crippen molar-refractivity contribution in [2.45, 2.75) is 234 Å². The Labute approximate surface area is 354 Å². The Morgan fingerprint density at radius 3 is 1.91 bits per heavy atom. The molecule has 4 rings (SSSR count). The lowest BCUT2D eigenvalue weighted by Crippen LogP contribution is -2.51. The third kappa shape index (κ3) is 16.3. The van der Waals surface area contributed by atoms with Crippen molar-refractivity contribution < 1.29 is 19.3 Å². The average molecular weight is 797 g/mol. The lowest BCUT2D eigenvalue weighted by Gasteiger charge is -2.58. The van der Waals surface area contributed by atoms with Crippen LogP contribution in [-0.4, -0.2) is 50.3 Å². The van der Waals surface area contributed by atoms with Crippen molar-refractivity contribution in [2.75, 3.05) is 33.0 Å². The smallest absolute Gasteiger partial charge is 0.101 e. The Morgan fingerprint density at radius 1 is 0.684 bits per heavy atom. The highest BCUT2D eigenvalue weighted by Crippen LogP contribution is 2.67. The predicted molar refractivity (Wildman–Crippen MR) is 244 cm³/mol. The minimum absolute atomic E-state index is 0.382. The molecule has 57 heavy (non-hydrogen) atoms. The maximum Gasteiger partial charge on any atom is 0.101 e. The second kappa shape index (κ2) is 27.3. The van der Waals surface area contributed by atoms with E-state index in [-0.39, 0.29) is 0 Å². The first kappa shape index (κ1) is 49.0. The van der Waals surface area contributed by atoms with E-state index >= 15 is 0 Å². The van der Waals surface area contributed by atoms with Crippen LogP contribution in [0.15, 0.2) is 23.8 Å². The average Bonchev–Trinajstić information content (AvgIpc) is 3.56. The van der Waals surface area contributed by atoms with Gasteiger partial charge in [0, 0.05) is 19.8 Å². The van der Waals surface area contributed by atoms with Crippen molar-refractivity contribution in [1.29, 1.82) is 0 Å². The molecule has 0 bridgehead atoms. The summed E-state index contributed by atoms with van der Waals surface area (Å²) < 4.78 is 18.0. The molecule has 2 unspecified atom stereocenters. The maximum atomic E-state index is 10.3. The molecule has 3 saturated carbocycles. The topological polar surface area (TPSA) is 47.9 Å². The van der Waals surface area contributed by atoms with Crippen molar-refractivity contribution >= 4 is 0 Å². The largest absolute Gasteiger partial charge is 0.388 e. The molecular formula is C53H96O4. The van der Waals surface area contributed by atoms with Gasteiger partial charge in [-0.25, -0.2) is 0 Å². The van der Waals surface area contributed by atoms with E-state index in [4.69, 9.17) is 14.2 Å². The molecule has 0 amide bonds. The number of allylic oxidation sites excluding steroid dienone is 3. The molecule has 4 aliphatic rings. The van der Waals surface area contributed by atoms with Crippen LogP contribution in [0.25, 0.3) is 0 Å². The number of aliphatic hydroxyl groups is 1. The third-order valence-corrected chi connectivity index (χ3v) is 16.0. The van der Waals surface area contributed by atoms with E-state index in [1.54, 1.807) is 5.57 Å². The molecular weight excluding hydrogens is 701 g/mol. The van der Waals surface area contributed by atoms with Crippen LogP contribution in [0, 0.1) is 46.3 Å². The number of fused-ring (bicyclic) bond motifs is 5. The van der Waals surface area contributed by atoms with Crippen molar-refractivity contribution in [3.63, 3.8) is 0 Å². The summed E-state index contributed by atoms with van der Waals surface area (Å²) in [7, 11) is 0. The van der Waals surface area contributed by atoms with Crippen molar-refractivity contribution in [3.8, 4) is 0 Å². The zero-order valence-corrected chi connectivity index (χ0v) is 38.9. The van der Waals surface area contributed by atoms with Gasteiger partial charge in [0.05, 0.1) is 19.3 Å². The zero-order valence-electron chi connectivity index (χ0n) is 38.9. The summed E-state index contributed by atoms with van der Waals surface area (Å²) in [4.78, 5) is 0. The van der Waals surface area contributed by atoms with Crippen molar-refractivity contribution in [2.24, 2.45) is 46.3 Å². The fraction of sp³-hybridized carbons (Fsp3) is 0.925. The molecule has 1 N–H and O–H groups in total. The number of hydrogen-bond donors (Lipinski definition) is 1. The Hall–Kier alpha value is -0.680. The highest BCUT2D eigenvalue weighted by Gasteiger charge is 2.59. The number of rotatable bonds is 32. The van der Waals surface area contributed by atoms with Crippen molar-refractivity contribution in [1.82, 2.24) is 0 Å². The van der Waals surface area contributed by atoms with Crippen LogP contribution in [0.3, 0.4) is 0 Å². The Morgan fingerprint density at radius 2 is 1.28 bits per heavy atom. The summed E-state index contributed by atoms with van der Waals surface area (Å²) in [6, 6.07) is 0. The van der Waals surface area contributed by atoms with Gasteiger partial charge in [-0.3, -0.25) is 0 Å². The lowest BCUT2D eigenvalue weighted by molar-refractivity contribution is -0.0642. The molecule has 4 nitrogen and oxygen atoms in total. The molecule has 0 aromatic heterocycles. The predicted octanol–water partition coefficient (Wildman–Crippen LogP) is 15.0. The van der Waals surface area contributed by atoms with Gasteiger partial charge in [0.1, 0.15) is 6.10 Å². The van der Waals surface area contributed by atoms with E-state index in [2.05, 4.69) is 59.8 Å². The SMILES string of the molecule is CCCCCCCC/C=C\CCCCCCCCOC[C@@H](O)COCCCCCCO[C@H]1CC[C@@]2(C)C(=CC[C@@H]3C2CC[C@@]2(C)C3CC[C@@H]2[C@H](C)CCC(C)C)C1. The van der Waals surface area contributed by atoms with E-state index in [0.29, 0.717) is 30.1 Å². The molecule has 9 atom stereocenters. The monoisotopic (exact) mass is 797 g/mol. The second-order valence-electron chi connectivity index (χ2n) is 20.8. The molecule has 3 fully saturated rings. The van der Waals surface area contributed by atoms with Crippen molar-refractivity contribution in [3.05, 3.63) is 23.8 Å². The van der Waals surface area contributed by atoms with E-state index in [0.717, 1.165) is 74.6 Å². The van der Waals surface area contributed by atoms with Crippen LogP contribution in [0.5, 0.6) is 0 Å². The quantitative estimate of drug-likeness (QED) is 0.0544. The summed E-state index contributed by atoms with van der Waals surface area (Å²) in [5.74, 6) is 5.41. The third-order valence-electron chi connectivity index (χ3n) is 16.0. The number of hydrogen-bond acceptors (Lipinski definition) is 4. The summed E-state index contributed by atoms with van der Waals surface area (Å²) >= 11 is 0. The molecule has 0 aromatic rings. The standard InChI is InChI=1S/C53H96O4/c1-7-8-9-10-11-12-13-14-15-16-17-18-19-20-21-24-37-55-41-46(54)42-56-38-25-22-23-26-39-57-47-33-35-52(5)45(40-47)29-30-48-50-32-31-49(44(4)28-27-43(2)3)53(50,6)36-34-51(48)52/h14-15,29,43-44,46-51,54H,7-13,16-28,30-42H2,1-6H3/b15-14-/t44-,46-,47+,48+,49-,50?,51?,52+,53-/m1/s1. The highest BCUT2D eigenvalue weighted by molar-refractivity contribution is 5.25. The van der Waals surface area contributed by atoms with E-state index in [1.165, 1.54) is 161 Å². The number of ether oxygens (including phenoxy) is 3. The summed E-state index contributed by atoms with van der Waals surface area (Å²) in [5.41, 5.74) is 2.74. The van der Waals surface area contributed by atoms with Crippen LogP contribution in [0.4, 0.5) is 0 Å². The van der Waals surface area contributed by atoms with Crippen LogP contribution >= 0.6 is 0 Å². The minimum Gasteiger partial charge on any atom is -0.388 e.